The van der Waals surface area contributed by atoms with E-state index >= 15 is 0 Å². The molecule has 1 aliphatic carbocycles. The third-order valence-corrected chi connectivity index (χ3v) is 6.56. The molecule has 0 bridgehead atoms. The lowest BCUT2D eigenvalue weighted by Crippen LogP contribution is -2.40. The van der Waals surface area contributed by atoms with Crippen molar-refractivity contribution in [3.63, 3.8) is 0 Å². The van der Waals surface area contributed by atoms with Gasteiger partial charge in [0.1, 0.15) is 5.75 Å². The number of aromatic nitrogens is 2. The zero-order chi connectivity index (χ0) is 19.1. The summed E-state index contributed by atoms with van der Waals surface area (Å²) in [6.45, 7) is 2.07. The van der Waals surface area contributed by atoms with Crippen molar-refractivity contribution in [1.82, 2.24) is 14.5 Å². The monoisotopic (exact) mass is 377 g/mol. The number of ether oxygens (including phenoxy) is 1. The Balaban J connectivity index is 1.36. The van der Waals surface area contributed by atoms with Gasteiger partial charge in [0, 0.05) is 25.2 Å². The first kappa shape index (κ1) is 17.6. The number of rotatable bonds is 3. The van der Waals surface area contributed by atoms with Crippen LogP contribution in [0.3, 0.4) is 0 Å². The van der Waals surface area contributed by atoms with Crippen LogP contribution in [0.5, 0.6) is 5.75 Å². The Morgan fingerprint density at radius 1 is 1.07 bits per heavy atom. The number of imidazole rings is 1. The van der Waals surface area contributed by atoms with Gasteiger partial charge in [0.25, 0.3) is 0 Å². The van der Waals surface area contributed by atoms with E-state index in [9.17, 15) is 4.79 Å². The summed E-state index contributed by atoms with van der Waals surface area (Å²) in [6, 6.07) is 15.3. The molecule has 1 saturated heterocycles. The van der Waals surface area contributed by atoms with Crippen LogP contribution < -0.4 is 10.4 Å². The molecule has 0 saturated carbocycles. The molecule has 2 heterocycles. The fraction of sp³-hybridized carbons (Fsp3) is 0.435. The van der Waals surface area contributed by atoms with Gasteiger partial charge >= 0.3 is 5.69 Å². The molecule has 1 aliphatic heterocycles. The average molecular weight is 377 g/mol. The summed E-state index contributed by atoms with van der Waals surface area (Å²) in [5.41, 5.74) is 4.89. The number of aromatic amines is 1. The van der Waals surface area contributed by atoms with Crippen molar-refractivity contribution in [3.8, 4) is 5.75 Å². The molecule has 0 amide bonds. The standard InChI is InChI=1S/C23H27N3O2/c1-28-18-9-10-19-16(15-18)5-4-8-21(19)25-13-11-17(12-14-25)26-22-7-3-2-6-20(22)24-23(26)27/h2-3,6-7,9-10,15,17,21H,4-5,8,11-14H2,1H3,(H,24,27). The number of hydrogen-bond donors (Lipinski definition) is 1. The first-order chi connectivity index (χ1) is 13.7. The number of benzene rings is 2. The number of likely N-dealkylation sites (tertiary alicyclic amines) is 1. The molecule has 2 aromatic carbocycles. The number of aryl methyl sites for hydroxylation is 1. The molecular formula is C23H27N3O2. The second-order valence-electron chi connectivity index (χ2n) is 8.06. The highest BCUT2D eigenvalue weighted by molar-refractivity contribution is 5.75. The molecule has 146 valence electrons. The summed E-state index contributed by atoms with van der Waals surface area (Å²) in [6.07, 6.45) is 5.63. The maximum atomic E-state index is 12.5. The second kappa shape index (κ2) is 7.13. The van der Waals surface area contributed by atoms with Gasteiger partial charge < -0.3 is 9.72 Å². The highest BCUT2D eigenvalue weighted by Gasteiger charge is 2.31. The fourth-order valence-electron chi connectivity index (χ4n) is 5.16. The number of hydrogen-bond acceptors (Lipinski definition) is 3. The van der Waals surface area contributed by atoms with Crippen molar-refractivity contribution in [2.45, 2.75) is 44.2 Å². The van der Waals surface area contributed by atoms with Crippen LogP contribution in [0.15, 0.2) is 47.3 Å². The Hall–Kier alpha value is -2.53. The maximum absolute atomic E-state index is 12.5. The minimum atomic E-state index is 0.0229. The van der Waals surface area contributed by atoms with Crippen LogP contribution in [-0.2, 0) is 6.42 Å². The summed E-state index contributed by atoms with van der Waals surface area (Å²) in [4.78, 5) is 18.2. The molecule has 5 rings (SSSR count). The molecule has 1 aromatic heterocycles. The van der Waals surface area contributed by atoms with Crippen LogP contribution >= 0.6 is 0 Å². The number of H-pyrrole nitrogens is 1. The van der Waals surface area contributed by atoms with Crippen molar-refractivity contribution in [2.24, 2.45) is 0 Å². The van der Waals surface area contributed by atoms with E-state index in [1.807, 2.05) is 28.8 Å². The van der Waals surface area contributed by atoms with E-state index in [1.54, 1.807) is 7.11 Å². The Labute approximate surface area is 164 Å². The highest BCUT2D eigenvalue weighted by Crippen LogP contribution is 2.38. The first-order valence-electron chi connectivity index (χ1n) is 10.3. The largest absolute Gasteiger partial charge is 0.497 e. The molecule has 5 nitrogen and oxygen atoms in total. The van der Waals surface area contributed by atoms with Gasteiger partial charge in [-0.1, -0.05) is 18.2 Å². The number of nitrogens with zero attached hydrogens (tertiary/aromatic N) is 2. The Kier molecular flexibility index (Phi) is 4.47. The van der Waals surface area contributed by atoms with E-state index in [-0.39, 0.29) is 11.7 Å². The predicted molar refractivity (Wildman–Crippen MR) is 111 cm³/mol. The highest BCUT2D eigenvalue weighted by atomic mass is 16.5. The minimum Gasteiger partial charge on any atom is -0.497 e. The topological polar surface area (TPSA) is 50.3 Å². The van der Waals surface area contributed by atoms with Gasteiger partial charge in [-0.05, 0) is 67.5 Å². The molecule has 1 N–H and O–H groups in total. The smallest absolute Gasteiger partial charge is 0.326 e. The summed E-state index contributed by atoms with van der Waals surface area (Å²) < 4.78 is 7.39. The van der Waals surface area contributed by atoms with E-state index in [1.165, 1.54) is 24.0 Å². The average Bonchev–Trinajstić information content (AvgIpc) is 3.08. The summed E-state index contributed by atoms with van der Waals surface area (Å²) in [5, 5.41) is 0. The minimum absolute atomic E-state index is 0.0229. The van der Waals surface area contributed by atoms with Crippen molar-refractivity contribution in [1.29, 1.82) is 0 Å². The van der Waals surface area contributed by atoms with Gasteiger partial charge in [-0.15, -0.1) is 0 Å². The predicted octanol–water partition coefficient (Wildman–Crippen LogP) is 4.05. The summed E-state index contributed by atoms with van der Waals surface area (Å²) in [5.74, 6) is 0.955. The van der Waals surface area contributed by atoms with E-state index < -0.39 is 0 Å². The van der Waals surface area contributed by atoms with Gasteiger partial charge in [0.15, 0.2) is 0 Å². The Morgan fingerprint density at radius 2 is 1.89 bits per heavy atom. The number of piperidine rings is 1. The van der Waals surface area contributed by atoms with Crippen LogP contribution in [0.2, 0.25) is 0 Å². The zero-order valence-electron chi connectivity index (χ0n) is 16.4. The molecule has 1 unspecified atom stereocenters. The van der Waals surface area contributed by atoms with Crippen LogP contribution in [0, 0.1) is 0 Å². The molecule has 0 radical (unpaired) electrons. The van der Waals surface area contributed by atoms with E-state index in [0.29, 0.717) is 6.04 Å². The van der Waals surface area contributed by atoms with Crippen molar-refractivity contribution < 1.29 is 4.74 Å². The lowest BCUT2D eigenvalue weighted by Gasteiger charge is -2.40. The zero-order valence-corrected chi connectivity index (χ0v) is 16.4. The number of para-hydroxylation sites is 2. The Morgan fingerprint density at radius 3 is 2.71 bits per heavy atom. The normalized spacial score (nSPS) is 21.0. The first-order valence-corrected chi connectivity index (χ1v) is 10.3. The third-order valence-electron chi connectivity index (χ3n) is 6.56. The lowest BCUT2D eigenvalue weighted by molar-refractivity contribution is 0.123. The van der Waals surface area contributed by atoms with Gasteiger partial charge in [-0.2, -0.15) is 0 Å². The van der Waals surface area contributed by atoms with Gasteiger partial charge in [-0.25, -0.2) is 4.79 Å². The molecule has 3 aromatic rings. The van der Waals surface area contributed by atoms with E-state index in [0.717, 1.165) is 49.1 Å². The van der Waals surface area contributed by atoms with Crippen molar-refractivity contribution in [2.75, 3.05) is 20.2 Å². The molecule has 5 heteroatoms. The summed E-state index contributed by atoms with van der Waals surface area (Å²) in [7, 11) is 1.74. The fourth-order valence-corrected chi connectivity index (χ4v) is 5.16. The molecular weight excluding hydrogens is 350 g/mol. The molecule has 2 aliphatic rings. The third kappa shape index (κ3) is 2.94. The van der Waals surface area contributed by atoms with Crippen LogP contribution in [-0.4, -0.2) is 34.7 Å². The van der Waals surface area contributed by atoms with Crippen LogP contribution in [0.25, 0.3) is 11.0 Å². The second-order valence-corrected chi connectivity index (χ2v) is 8.06. The van der Waals surface area contributed by atoms with Gasteiger partial charge in [-0.3, -0.25) is 9.47 Å². The molecule has 1 atom stereocenters. The quantitative estimate of drug-likeness (QED) is 0.749. The number of methoxy groups -OCH3 is 1. The number of nitrogens with one attached hydrogen (secondary N) is 1. The van der Waals surface area contributed by atoms with Gasteiger partial charge in [0.05, 0.1) is 18.1 Å². The number of fused-ring (bicyclic) bond motifs is 2. The van der Waals surface area contributed by atoms with E-state index in [4.69, 9.17) is 4.74 Å². The summed E-state index contributed by atoms with van der Waals surface area (Å²) >= 11 is 0. The van der Waals surface area contributed by atoms with E-state index in [2.05, 4.69) is 28.1 Å². The van der Waals surface area contributed by atoms with Gasteiger partial charge in [0.2, 0.25) is 0 Å². The Bertz CT molecular complexity index is 1040. The van der Waals surface area contributed by atoms with Crippen molar-refractivity contribution in [3.05, 3.63) is 64.1 Å². The van der Waals surface area contributed by atoms with Crippen molar-refractivity contribution >= 4 is 11.0 Å². The molecule has 1 fully saturated rings. The van der Waals surface area contributed by atoms with Crippen LogP contribution in [0.1, 0.15) is 48.9 Å². The molecule has 28 heavy (non-hydrogen) atoms. The van der Waals surface area contributed by atoms with Crippen LogP contribution in [0.4, 0.5) is 0 Å². The SMILES string of the molecule is COc1ccc2c(c1)CCCC2N1CCC(n2c(=O)[nH]c3ccccc32)CC1. The lowest BCUT2D eigenvalue weighted by atomic mass is 9.85. The molecule has 0 spiro atoms. The maximum Gasteiger partial charge on any atom is 0.326 e.